The summed E-state index contributed by atoms with van der Waals surface area (Å²) < 4.78 is 10.6. The molecule has 0 saturated heterocycles. The van der Waals surface area contributed by atoms with E-state index in [0.29, 0.717) is 0 Å². The standard InChI is InChI=1S/C7H7N2O7PS/c10-8(11)6-2-1-5(4-18-17(14,15)16)7(3-6)9(12)13/h1-3H,4H2,(H2,14,15,16). The number of nitrogens with zero attached hydrogens (tertiary/aromatic N) is 2. The highest BCUT2D eigenvalue weighted by Gasteiger charge is 2.22. The topological polar surface area (TPSA) is 144 Å². The van der Waals surface area contributed by atoms with Crippen molar-refractivity contribution in [2.45, 2.75) is 5.75 Å². The Bertz CT molecular complexity index is 543. The van der Waals surface area contributed by atoms with E-state index in [2.05, 4.69) is 0 Å². The van der Waals surface area contributed by atoms with E-state index in [1.165, 1.54) is 0 Å². The molecule has 0 bridgehead atoms. The summed E-state index contributed by atoms with van der Waals surface area (Å²) >= 11 is 0.225. The first-order valence-corrected chi connectivity index (χ1v) is 7.53. The van der Waals surface area contributed by atoms with Crippen LogP contribution < -0.4 is 0 Å². The Hall–Kier alpha value is -1.48. The molecule has 0 saturated carbocycles. The lowest BCUT2D eigenvalue weighted by molar-refractivity contribution is -0.394. The predicted octanol–water partition coefficient (Wildman–Crippen LogP) is 1.83. The van der Waals surface area contributed by atoms with E-state index >= 15 is 0 Å². The molecule has 0 radical (unpaired) electrons. The average molecular weight is 294 g/mol. The third-order valence-electron chi connectivity index (χ3n) is 1.86. The first-order chi connectivity index (χ1) is 8.20. The van der Waals surface area contributed by atoms with E-state index in [1.54, 1.807) is 0 Å². The monoisotopic (exact) mass is 294 g/mol. The Labute approximate surface area is 104 Å². The molecule has 2 N–H and O–H groups in total. The van der Waals surface area contributed by atoms with Crippen LogP contribution in [-0.4, -0.2) is 19.6 Å². The Morgan fingerprint density at radius 1 is 1.22 bits per heavy atom. The number of nitro benzene ring substituents is 2. The zero-order valence-electron chi connectivity index (χ0n) is 8.62. The molecule has 0 aliphatic heterocycles. The highest BCUT2D eigenvalue weighted by molar-refractivity contribution is 8.54. The quantitative estimate of drug-likeness (QED) is 0.475. The van der Waals surface area contributed by atoms with Crippen LogP contribution in [0.5, 0.6) is 0 Å². The molecular formula is C7H7N2O7PS. The first kappa shape index (κ1) is 14.6. The van der Waals surface area contributed by atoms with Crippen LogP contribution in [0, 0.1) is 20.2 Å². The smallest absolute Gasteiger partial charge is 0.317 e. The molecule has 0 aliphatic carbocycles. The zero-order chi connectivity index (χ0) is 13.9. The van der Waals surface area contributed by atoms with Crippen LogP contribution in [0.25, 0.3) is 0 Å². The summed E-state index contributed by atoms with van der Waals surface area (Å²) in [4.78, 5) is 36.8. The van der Waals surface area contributed by atoms with Gasteiger partial charge in [0.2, 0.25) is 0 Å². The minimum atomic E-state index is -4.35. The van der Waals surface area contributed by atoms with Gasteiger partial charge in [0.15, 0.2) is 0 Å². The van der Waals surface area contributed by atoms with Crippen molar-refractivity contribution in [1.29, 1.82) is 0 Å². The van der Waals surface area contributed by atoms with Gasteiger partial charge in [-0.1, -0.05) is 0 Å². The van der Waals surface area contributed by atoms with E-state index in [0.717, 1.165) is 18.2 Å². The van der Waals surface area contributed by atoms with Crippen molar-refractivity contribution in [2.75, 3.05) is 0 Å². The van der Waals surface area contributed by atoms with Gasteiger partial charge in [-0.25, -0.2) is 4.57 Å². The SMILES string of the molecule is O=[N+]([O-])c1ccc(CSP(=O)(O)O)c([N+](=O)[O-])c1. The van der Waals surface area contributed by atoms with E-state index in [1.807, 2.05) is 0 Å². The van der Waals surface area contributed by atoms with Crippen molar-refractivity contribution in [3.05, 3.63) is 44.0 Å². The molecule has 1 rings (SSSR count). The van der Waals surface area contributed by atoms with Crippen molar-refractivity contribution in [3.63, 3.8) is 0 Å². The maximum Gasteiger partial charge on any atom is 0.384 e. The zero-order valence-corrected chi connectivity index (χ0v) is 10.3. The molecule has 0 aliphatic rings. The maximum atomic E-state index is 10.7. The van der Waals surface area contributed by atoms with Gasteiger partial charge < -0.3 is 9.79 Å². The second kappa shape index (κ2) is 5.44. The molecule has 18 heavy (non-hydrogen) atoms. The summed E-state index contributed by atoms with van der Waals surface area (Å²) in [6, 6.07) is 2.91. The van der Waals surface area contributed by atoms with Gasteiger partial charge in [-0.05, 0) is 17.4 Å². The molecule has 1 aromatic rings. The normalized spacial score (nSPS) is 11.2. The molecule has 0 aromatic heterocycles. The van der Waals surface area contributed by atoms with Crippen LogP contribution in [0.3, 0.4) is 0 Å². The van der Waals surface area contributed by atoms with Crippen LogP contribution in [0.1, 0.15) is 5.56 Å². The molecule has 0 spiro atoms. The summed E-state index contributed by atoms with van der Waals surface area (Å²) in [5.74, 6) is -0.307. The largest absolute Gasteiger partial charge is 0.384 e. The molecule has 0 fully saturated rings. The van der Waals surface area contributed by atoms with Crippen LogP contribution in [0.15, 0.2) is 18.2 Å². The average Bonchev–Trinajstić information content (AvgIpc) is 2.24. The first-order valence-electron chi connectivity index (χ1n) is 4.32. The fourth-order valence-electron chi connectivity index (χ4n) is 1.11. The Balaban J connectivity index is 3.08. The third-order valence-corrected chi connectivity index (χ3v) is 4.04. The summed E-state index contributed by atoms with van der Waals surface area (Å²) in [6.07, 6.45) is 0. The second-order valence-corrected chi connectivity index (χ2v) is 6.82. The van der Waals surface area contributed by atoms with Gasteiger partial charge in [0, 0.05) is 17.4 Å². The van der Waals surface area contributed by atoms with Gasteiger partial charge in [-0.15, -0.1) is 0 Å². The molecule has 9 nitrogen and oxygen atoms in total. The molecule has 0 unspecified atom stereocenters. The number of benzene rings is 1. The van der Waals surface area contributed by atoms with Crippen molar-refractivity contribution >= 4 is 29.6 Å². The Morgan fingerprint density at radius 3 is 2.28 bits per heavy atom. The fraction of sp³-hybridized carbons (Fsp3) is 0.143. The minimum Gasteiger partial charge on any atom is -0.317 e. The van der Waals surface area contributed by atoms with Gasteiger partial charge in [0.25, 0.3) is 11.4 Å². The molecule has 1 aromatic carbocycles. The summed E-state index contributed by atoms with van der Waals surface area (Å²) in [5, 5.41) is 21.2. The van der Waals surface area contributed by atoms with Crippen LogP contribution in [-0.2, 0) is 10.3 Å². The van der Waals surface area contributed by atoms with Crippen LogP contribution >= 0.6 is 18.2 Å². The van der Waals surface area contributed by atoms with Gasteiger partial charge in [-0.2, -0.15) is 0 Å². The number of hydrogen-bond donors (Lipinski definition) is 2. The molecule has 0 amide bonds. The number of hydrogen-bond acceptors (Lipinski definition) is 6. The van der Waals surface area contributed by atoms with E-state index in [4.69, 9.17) is 9.79 Å². The van der Waals surface area contributed by atoms with E-state index < -0.39 is 28.0 Å². The van der Waals surface area contributed by atoms with Crippen LogP contribution in [0.4, 0.5) is 11.4 Å². The molecule has 98 valence electrons. The number of rotatable bonds is 5. The van der Waals surface area contributed by atoms with Crippen molar-refractivity contribution < 1.29 is 24.2 Å². The lowest BCUT2D eigenvalue weighted by Crippen LogP contribution is -1.96. The molecular weight excluding hydrogens is 287 g/mol. The van der Waals surface area contributed by atoms with Gasteiger partial charge >= 0.3 is 6.80 Å². The third kappa shape index (κ3) is 4.08. The molecule has 0 atom stereocenters. The highest BCUT2D eigenvalue weighted by Crippen LogP contribution is 2.52. The minimum absolute atomic E-state index is 0.0129. The van der Waals surface area contributed by atoms with Gasteiger partial charge in [-0.3, -0.25) is 20.2 Å². The maximum absolute atomic E-state index is 10.7. The lowest BCUT2D eigenvalue weighted by atomic mass is 10.2. The Morgan fingerprint density at radius 2 is 1.83 bits per heavy atom. The Kier molecular flexibility index (Phi) is 4.41. The van der Waals surface area contributed by atoms with Crippen LogP contribution in [0.2, 0.25) is 0 Å². The summed E-state index contributed by atoms with van der Waals surface area (Å²) in [5.41, 5.74) is -0.976. The molecule has 11 heteroatoms. The van der Waals surface area contributed by atoms with Crippen molar-refractivity contribution in [3.8, 4) is 0 Å². The van der Waals surface area contributed by atoms with E-state index in [-0.39, 0.29) is 22.7 Å². The van der Waals surface area contributed by atoms with Gasteiger partial charge in [0.1, 0.15) is 0 Å². The van der Waals surface area contributed by atoms with Gasteiger partial charge in [0.05, 0.1) is 15.9 Å². The van der Waals surface area contributed by atoms with Crippen molar-refractivity contribution in [2.24, 2.45) is 0 Å². The predicted molar refractivity (Wildman–Crippen MR) is 63.1 cm³/mol. The summed E-state index contributed by atoms with van der Waals surface area (Å²) in [6.45, 7) is -4.35. The fourth-order valence-corrected chi connectivity index (χ4v) is 2.58. The summed E-state index contributed by atoms with van der Waals surface area (Å²) in [7, 11) is 0. The van der Waals surface area contributed by atoms with Crippen molar-refractivity contribution in [1.82, 2.24) is 0 Å². The number of non-ortho nitro benzene ring substituents is 1. The number of nitro groups is 2. The highest BCUT2D eigenvalue weighted by atomic mass is 32.7. The lowest BCUT2D eigenvalue weighted by Gasteiger charge is -2.04. The second-order valence-electron chi connectivity index (χ2n) is 3.09. The van der Waals surface area contributed by atoms with E-state index in [9.17, 15) is 24.8 Å². The molecule has 0 heterocycles.